The minimum Gasteiger partial charge on any atom is -0.353 e. The molecule has 5 unspecified atom stereocenters. The van der Waals surface area contributed by atoms with Crippen molar-refractivity contribution in [1.29, 1.82) is 0 Å². The number of halogens is 4. The van der Waals surface area contributed by atoms with Gasteiger partial charge >= 0.3 is 6.18 Å². The molecule has 2 heterocycles. The highest BCUT2D eigenvalue weighted by molar-refractivity contribution is 5.81. The molecule has 9 heteroatoms. The summed E-state index contributed by atoms with van der Waals surface area (Å²) in [5.41, 5.74) is 2.15. The van der Waals surface area contributed by atoms with Crippen molar-refractivity contribution in [2.24, 2.45) is 30.7 Å². The predicted molar refractivity (Wildman–Crippen MR) is 152 cm³/mol. The van der Waals surface area contributed by atoms with E-state index in [9.17, 15) is 27.2 Å². The van der Waals surface area contributed by atoms with Crippen molar-refractivity contribution in [2.75, 3.05) is 0 Å². The van der Waals surface area contributed by atoms with Gasteiger partial charge in [-0.3, -0.25) is 14.6 Å². The van der Waals surface area contributed by atoms with Gasteiger partial charge in [0.1, 0.15) is 6.17 Å². The van der Waals surface area contributed by atoms with E-state index in [1.807, 2.05) is 18.2 Å². The van der Waals surface area contributed by atoms with Crippen LogP contribution in [0, 0.1) is 23.7 Å². The number of carbonyl (C=O) groups is 1. The molecule has 1 amide bonds. The van der Waals surface area contributed by atoms with Crippen molar-refractivity contribution < 1.29 is 22.4 Å². The van der Waals surface area contributed by atoms with Crippen LogP contribution in [0.15, 0.2) is 29.2 Å². The van der Waals surface area contributed by atoms with E-state index >= 15 is 0 Å². The molecule has 0 radical (unpaired) electrons. The van der Waals surface area contributed by atoms with Gasteiger partial charge in [0, 0.05) is 36.2 Å². The smallest absolute Gasteiger partial charge is 0.353 e. The van der Waals surface area contributed by atoms with E-state index in [2.05, 4.69) is 23.3 Å². The lowest BCUT2D eigenvalue weighted by Crippen LogP contribution is -2.45. The molecule has 5 rings (SSSR count). The summed E-state index contributed by atoms with van der Waals surface area (Å²) in [5.74, 6) is -1.81. The molecule has 0 aliphatic heterocycles. The molecule has 5 atom stereocenters. The zero-order valence-corrected chi connectivity index (χ0v) is 23.9. The Morgan fingerprint density at radius 3 is 2.54 bits per heavy atom. The van der Waals surface area contributed by atoms with E-state index in [0.717, 1.165) is 42.3 Å². The van der Waals surface area contributed by atoms with Crippen LogP contribution >= 0.6 is 0 Å². The first-order chi connectivity index (χ1) is 19.5. The van der Waals surface area contributed by atoms with Gasteiger partial charge in [0.15, 0.2) is 0 Å². The lowest BCUT2D eigenvalue weighted by molar-refractivity contribution is -0.186. The number of amides is 1. The summed E-state index contributed by atoms with van der Waals surface area (Å²) in [6.07, 6.45) is 6.74. The molecule has 224 valence electrons. The molecule has 5 nitrogen and oxygen atoms in total. The number of pyridine rings is 2. The number of nitrogens with zero attached hydrogens (tertiary/aromatic N) is 2. The van der Waals surface area contributed by atoms with Crippen molar-refractivity contribution in [3.63, 3.8) is 0 Å². The Hall–Kier alpha value is -2.71. The van der Waals surface area contributed by atoms with Gasteiger partial charge in [-0.15, -0.1) is 0 Å². The lowest BCUT2D eigenvalue weighted by atomic mass is 9.74. The quantitative estimate of drug-likeness (QED) is 0.383. The van der Waals surface area contributed by atoms with Gasteiger partial charge in [0.2, 0.25) is 5.91 Å². The normalized spacial score (nSPS) is 31.4. The molecule has 0 saturated heterocycles. The average Bonchev–Trinajstić information content (AvgIpc) is 2.95. The van der Waals surface area contributed by atoms with Crippen LogP contribution in [0.5, 0.6) is 0 Å². The van der Waals surface area contributed by atoms with Crippen LogP contribution in [-0.4, -0.2) is 33.8 Å². The fraction of sp³-hybridized carbons (Fsp3) is 0.656. The first kappa shape index (κ1) is 29.8. The second-order valence-corrected chi connectivity index (χ2v) is 12.7. The van der Waals surface area contributed by atoms with Gasteiger partial charge in [-0.05, 0) is 100 Å². The maximum Gasteiger partial charge on any atom is 0.391 e. The Morgan fingerprint density at radius 1 is 1.05 bits per heavy atom. The number of carbonyl (C=O) groups excluding carboxylic acids is 1. The highest BCUT2D eigenvalue weighted by atomic mass is 19.4. The minimum absolute atomic E-state index is 0.0726. The van der Waals surface area contributed by atoms with Crippen LogP contribution in [0.4, 0.5) is 17.6 Å². The number of aromatic nitrogens is 2. The standard InChI is InChI=1S/C32H41F4N3O2/c1-19-6-12-26(38-30(40)21-4-3-5-23(14-21)32(34,35)36)16-27(19)28-15-22-18-37-25(17-29(22)39(2)31(28)41)13-9-20-7-10-24(33)11-8-20/h9,13,15,17-21,23-24,26-27H,3-8,10-12,14,16H2,1-2H3,(H,38,40)/b13-9+. The van der Waals surface area contributed by atoms with E-state index in [1.54, 1.807) is 17.8 Å². The van der Waals surface area contributed by atoms with Gasteiger partial charge in [-0.25, -0.2) is 4.39 Å². The van der Waals surface area contributed by atoms with Crippen molar-refractivity contribution in [2.45, 2.75) is 102 Å². The first-order valence-corrected chi connectivity index (χ1v) is 15.2. The lowest BCUT2D eigenvalue weighted by Gasteiger charge is -2.36. The number of hydrogen-bond acceptors (Lipinski definition) is 3. The average molecular weight is 576 g/mol. The molecular formula is C32H41F4N3O2. The van der Waals surface area contributed by atoms with Crippen LogP contribution in [0.1, 0.15) is 94.7 Å². The van der Waals surface area contributed by atoms with Crippen LogP contribution < -0.4 is 10.9 Å². The molecule has 2 aromatic heterocycles. The summed E-state index contributed by atoms with van der Waals surface area (Å²) in [5, 5.41) is 3.90. The topological polar surface area (TPSA) is 64.0 Å². The van der Waals surface area contributed by atoms with Crippen molar-refractivity contribution >= 4 is 22.9 Å². The first-order valence-electron chi connectivity index (χ1n) is 15.2. The molecule has 41 heavy (non-hydrogen) atoms. The molecule has 3 fully saturated rings. The Labute approximate surface area is 238 Å². The van der Waals surface area contributed by atoms with Gasteiger partial charge in [-0.1, -0.05) is 19.4 Å². The Bertz CT molecular complexity index is 1330. The van der Waals surface area contributed by atoms with Crippen LogP contribution in [0.3, 0.4) is 0 Å². The second kappa shape index (κ2) is 12.3. The maximum atomic E-state index is 13.6. The number of aryl methyl sites for hydroxylation is 1. The van der Waals surface area contributed by atoms with E-state index in [1.165, 1.54) is 0 Å². The number of nitrogens with one attached hydrogen (secondary N) is 1. The third-order valence-corrected chi connectivity index (χ3v) is 9.85. The number of fused-ring (bicyclic) bond motifs is 1. The summed E-state index contributed by atoms with van der Waals surface area (Å²) in [7, 11) is 1.76. The summed E-state index contributed by atoms with van der Waals surface area (Å²) < 4.78 is 54.9. The van der Waals surface area contributed by atoms with Crippen LogP contribution in [0.2, 0.25) is 0 Å². The molecule has 3 aliphatic carbocycles. The fourth-order valence-electron chi connectivity index (χ4n) is 7.20. The van der Waals surface area contributed by atoms with Gasteiger partial charge < -0.3 is 9.88 Å². The molecular weight excluding hydrogens is 534 g/mol. The molecule has 1 N–H and O–H groups in total. The fourth-order valence-corrected chi connectivity index (χ4v) is 7.20. The second-order valence-electron chi connectivity index (χ2n) is 12.7. The molecule has 2 aromatic rings. The Kier molecular flexibility index (Phi) is 8.90. The van der Waals surface area contributed by atoms with Crippen molar-refractivity contribution in [1.82, 2.24) is 14.9 Å². The van der Waals surface area contributed by atoms with Gasteiger partial charge in [0.05, 0.1) is 17.1 Å². The third kappa shape index (κ3) is 6.86. The molecule has 0 spiro atoms. The third-order valence-electron chi connectivity index (χ3n) is 9.85. The minimum atomic E-state index is -4.26. The largest absolute Gasteiger partial charge is 0.391 e. The number of alkyl halides is 4. The van der Waals surface area contributed by atoms with Crippen molar-refractivity contribution in [3.8, 4) is 0 Å². The van der Waals surface area contributed by atoms with E-state index < -0.39 is 24.2 Å². The Morgan fingerprint density at radius 2 is 1.80 bits per heavy atom. The van der Waals surface area contributed by atoms with Crippen LogP contribution in [-0.2, 0) is 11.8 Å². The Balaban J connectivity index is 1.29. The molecule has 0 bridgehead atoms. The maximum absolute atomic E-state index is 13.6. The highest BCUT2D eigenvalue weighted by Crippen LogP contribution is 2.41. The number of rotatable bonds is 5. The van der Waals surface area contributed by atoms with Gasteiger partial charge in [-0.2, -0.15) is 13.2 Å². The summed E-state index contributed by atoms with van der Waals surface area (Å²) >= 11 is 0. The van der Waals surface area contributed by atoms with Gasteiger partial charge in [0.25, 0.3) is 5.56 Å². The van der Waals surface area contributed by atoms with E-state index in [-0.39, 0.29) is 42.2 Å². The number of allylic oxidation sites excluding steroid dienone is 1. The summed E-state index contributed by atoms with van der Waals surface area (Å²) in [6.45, 7) is 2.12. The van der Waals surface area contributed by atoms with Crippen molar-refractivity contribution in [3.05, 3.63) is 46.0 Å². The van der Waals surface area contributed by atoms with E-state index in [0.29, 0.717) is 43.6 Å². The predicted octanol–water partition coefficient (Wildman–Crippen LogP) is 7.23. The zero-order valence-electron chi connectivity index (χ0n) is 23.9. The molecule has 3 aliphatic rings. The van der Waals surface area contributed by atoms with Crippen LogP contribution in [0.25, 0.3) is 17.0 Å². The number of hydrogen-bond donors (Lipinski definition) is 1. The monoisotopic (exact) mass is 575 g/mol. The SMILES string of the molecule is CC1CCC(NC(=O)C2CCCC(C(F)(F)F)C2)CC1c1cc2cnc(/C=C/C3CCC(F)CC3)cc2n(C)c1=O. The highest BCUT2D eigenvalue weighted by Gasteiger charge is 2.44. The molecule has 0 aromatic carbocycles. The summed E-state index contributed by atoms with van der Waals surface area (Å²) in [4.78, 5) is 31.2. The summed E-state index contributed by atoms with van der Waals surface area (Å²) in [6, 6.07) is 3.65. The molecule has 3 saturated carbocycles. The van der Waals surface area contributed by atoms with E-state index in [4.69, 9.17) is 0 Å². The zero-order chi connectivity index (χ0) is 29.3.